The van der Waals surface area contributed by atoms with E-state index in [1.54, 1.807) is 13.3 Å². The molecule has 1 saturated heterocycles. The lowest BCUT2D eigenvalue weighted by Crippen LogP contribution is -2.29. The van der Waals surface area contributed by atoms with Crippen molar-refractivity contribution in [3.05, 3.63) is 102 Å². The van der Waals surface area contributed by atoms with Crippen LogP contribution in [0, 0.1) is 13.8 Å². The third-order valence-corrected chi connectivity index (χ3v) is 7.27. The molecule has 2 aromatic carbocycles. The highest BCUT2D eigenvalue weighted by Gasteiger charge is 2.42. The molecule has 0 bridgehead atoms. The fourth-order valence-electron chi connectivity index (χ4n) is 5.18. The fourth-order valence-corrected chi connectivity index (χ4v) is 5.53. The van der Waals surface area contributed by atoms with Gasteiger partial charge < -0.3 is 24.8 Å². The van der Waals surface area contributed by atoms with Crippen molar-refractivity contribution in [1.29, 1.82) is 0 Å². The number of nitrogens with zero attached hydrogens (tertiary/aromatic N) is 3. The molecular weight excluding hydrogens is 494 g/mol. The summed E-state index contributed by atoms with van der Waals surface area (Å²) in [4.78, 5) is 18.9. The van der Waals surface area contributed by atoms with Crippen molar-refractivity contribution in [3.8, 4) is 11.4 Å². The highest BCUT2D eigenvalue weighted by molar-refractivity contribution is 7.80. The lowest BCUT2D eigenvalue weighted by molar-refractivity contribution is -0.115. The van der Waals surface area contributed by atoms with E-state index in [0.29, 0.717) is 23.0 Å². The van der Waals surface area contributed by atoms with Crippen LogP contribution in [0.15, 0.2) is 79.0 Å². The van der Waals surface area contributed by atoms with Gasteiger partial charge >= 0.3 is 0 Å². The number of aromatic nitrogens is 2. The summed E-state index contributed by atoms with van der Waals surface area (Å²) in [5.74, 6) is 0.498. The van der Waals surface area contributed by atoms with E-state index < -0.39 is 0 Å². The largest absolute Gasteiger partial charge is 0.494 e. The van der Waals surface area contributed by atoms with Gasteiger partial charge in [-0.05, 0) is 74.1 Å². The molecular formula is C30H31N5O2S. The highest BCUT2D eigenvalue weighted by atomic mass is 32.1. The second-order valence-corrected chi connectivity index (χ2v) is 9.67. The Kier molecular flexibility index (Phi) is 7.15. The first-order valence-corrected chi connectivity index (χ1v) is 13.1. The minimum absolute atomic E-state index is 0.0733. The number of nitrogens with one attached hydrogen (secondary N) is 2. The predicted molar refractivity (Wildman–Crippen MR) is 155 cm³/mol. The number of rotatable bonds is 7. The van der Waals surface area contributed by atoms with Gasteiger partial charge in [-0.15, -0.1) is 0 Å². The molecule has 0 saturated carbocycles. The number of carbonyl (C=O) groups excluding carboxylic acids is 1. The number of thiocarbonyl (C=S) groups is 1. The summed E-state index contributed by atoms with van der Waals surface area (Å²) >= 11 is 5.92. The van der Waals surface area contributed by atoms with Gasteiger partial charge in [0.1, 0.15) is 5.75 Å². The lowest BCUT2D eigenvalue weighted by atomic mass is 9.96. The second kappa shape index (κ2) is 10.7. The Morgan fingerprint density at radius 2 is 1.82 bits per heavy atom. The molecule has 0 unspecified atom stereocenters. The maximum atomic E-state index is 12.1. The summed E-state index contributed by atoms with van der Waals surface area (Å²) in [5, 5.41) is 7.04. The molecule has 194 valence electrons. The van der Waals surface area contributed by atoms with Gasteiger partial charge in [-0.2, -0.15) is 0 Å². The van der Waals surface area contributed by atoms with Gasteiger partial charge in [-0.1, -0.05) is 31.2 Å². The molecule has 3 heterocycles. The van der Waals surface area contributed by atoms with Crippen molar-refractivity contribution in [2.45, 2.75) is 39.3 Å². The molecule has 38 heavy (non-hydrogen) atoms. The van der Waals surface area contributed by atoms with Gasteiger partial charge in [0.05, 0.1) is 30.6 Å². The van der Waals surface area contributed by atoms with Gasteiger partial charge in [-0.3, -0.25) is 9.78 Å². The molecule has 2 N–H and O–H groups in total. The number of para-hydroxylation sites is 1. The Bertz CT molecular complexity index is 1470. The van der Waals surface area contributed by atoms with Crippen LogP contribution >= 0.6 is 12.2 Å². The summed E-state index contributed by atoms with van der Waals surface area (Å²) in [5.41, 5.74) is 6.93. The Labute approximate surface area is 228 Å². The van der Waals surface area contributed by atoms with Crippen LogP contribution < -0.4 is 20.3 Å². The average molecular weight is 526 g/mol. The van der Waals surface area contributed by atoms with Gasteiger partial charge in [0.15, 0.2) is 5.11 Å². The average Bonchev–Trinajstić information content (AvgIpc) is 3.44. The monoisotopic (exact) mass is 525 g/mol. The van der Waals surface area contributed by atoms with Crippen LogP contribution in [0.3, 0.4) is 0 Å². The number of benzene rings is 2. The Morgan fingerprint density at radius 1 is 1.05 bits per heavy atom. The van der Waals surface area contributed by atoms with E-state index in [4.69, 9.17) is 17.0 Å². The van der Waals surface area contributed by atoms with Crippen molar-refractivity contribution in [1.82, 2.24) is 14.9 Å². The molecule has 2 aromatic heterocycles. The molecule has 1 amide bonds. The Hall–Kier alpha value is -4.17. The topological polar surface area (TPSA) is 71.4 Å². The molecule has 0 radical (unpaired) electrons. The molecule has 0 spiro atoms. The van der Waals surface area contributed by atoms with Crippen LogP contribution in [-0.4, -0.2) is 27.7 Å². The molecule has 5 rings (SSSR count). The highest BCUT2D eigenvalue weighted by Crippen LogP contribution is 2.45. The van der Waals surface area contributed by atoms with Crippen molar-refractivity contribution >= 4 is 34.6 Å². The van der Waals surface area contributed by atoms with Crippen LogP contribution in [0.2, 0.25) is 0 Å². The smallest absolute Gasteiger partial charge is 0.224 e. The number of carbonyl (C=O) groups is 1. The zero-order chi connectivity index (χ0) is 26.8. The van der Waals surface area contributed by atoms with Crippen molar-refractivity contribution in [3.63, 3.8) is 0 Å². The third-order valence-electron chi connectivity index (χ3n) is 6.96. The predicted octanol–water partition coefficient (Wildman–Crippen LogP) is 6.02. The zero-order valence-corrected chi connectivity index (χ0v) is 22.8. The fraction of sp³-hybridized carbons (Fsp3) is 0.233. The number of amides is 1. The maximum Gasteiger partial charge on any atom is 0.224 e. The van der Waals surface area contributed by atoms with E-state index in [-0.39, 0.29) is 18.0 Å². The summed E-state index contributed by atoms with van der Waals surface area (Å²) in [6.45, 7) is 6.09. The molecule has 1 aliphatic rings. The van der Waals surface area contributed by atoms with Crippen molar-refractivity contribution in [2.75, 3.05) is 17.3 Å². The molecule has 8 heteroatoms. The van der Waals surface area contributed by atoms with Crippen LogP contribution in [0.5, 0.6) is 5.75 Å². The van der Waals surface area contributed by atoms with Gasteiger partial charge in [-0.25, -0.2) is 0 Å². The van der Waals surface area contributed by atoms with E-state index in [1.807, 2.05) is 61.5 Å². The quantitative estimate of drug-likeness (QED) is 0.288. The number of aryl methyl sites for hydroxylation is 1. The summed E-state index contributed by atoms with van der Waals surface area (Å²) < 4.78 is 7.93. The van der Waals surface area contributed by atoms with E-state index >= 15 is 0 Å². The molecule has 7 nitrogen and oxygen atoms in total. The van der Waals surface area contributed by atoms with E-state index in [2.05, 4.69) is 57.1 Å². The molecule has 2 atom stereocenters. The SMILES string of the molecule is CCC(=O)Nc1ccc(N2C(=S)N[C@H](c3ccccn3)[C@@H]2c2cc(C)n(-c3ccccc3)c2C)cc1OC. The summed E-state index contributed by atoms with van der Waals surface area (Å²) in [6.07, 6.45) is 2.19. The number of hydrogen-bond acceptors (Lipinski definition) is 4. The first-order chi connectivity index (χ1) is 18.4. The van der Waals surface area contributed by atoms with Gasteiger partial charge in [0.25, 0.3) is 0 Å². The van der Waals surface area contributed by atoms with Crippen LogP contribution in [0.25, 0.3) is 5.69 Å². The van der Waals surface area contributed by atoms with Crippen LogP contribution in [0.4, 0.5) is 11.4 Å². The molecule has 4 aromatic rings. The normalized spacial score (nSPS) is 16.8. The van der Waals surface area contributed by atoms with Crippen LogP contribution in [-0.2, 0) is 4.79 Å². The first kappa shape index (κ1) is 25.5. The first-order valence-electron chi connectivity index (χ1n) is 12.7. The Balaban J connectivity index is 1.64. The number of anilines is 2. The van der Waals surface area contributed by atoms with E-state index in [1.165, 1.54) is 0 Å². The summed E-state index contributed by atoms with van der Waals surface area (Å²) in [7, 11) is 1.60. The number of methoxy groups -OCH3 is 1. The molecule has 1 aliphatic heterocycles. The minimum Gasteiger partial charge on any atom is -0.494 e. The lowest BCUT2D eigenvalue weighted by Gasteiger charge is -2.29. The van der Waals surface area contributed by atoms with Gasteiger partial charge in [0, 0.05) is 41.4 Å². The maximum absolute atomic E-state index is 12.1. The number of ether oxygens (including phenoxy) is 1. The van der Waals surface area contributed by atoms with Gasteiger partial charge in [0.2, 0.25) is 5.91 Å². The van der Waals surface area contributed by atoms with Crippen molar-refractivity contribution in [2.24, 2.45) is 0 Å². The second-order valence-electron chi connectivity index (χ2n) is 9.28. The Morgan fingerprint density at radius 3 is 2.50 bits per heavy atom. The number of hydrogen-bond donors (Lipinski definition) is 2. The standard InChI is InChI=1S/C30H31N5O2S/c1-5-27(36)32-24-15-14-22(18-26(24)37-4)35-29(28(33-30(35)38)25-13-9-10-16-31-25)23-17-19(2)34(20(23)3)21-11-7-6-8-12-21/h6-18,28-29H,5H2,1-4H3,(H,32,36)(H,33,38)/t28-,29+/m1/s1. The third kappa shape index (κ3) is 4.63. The van der Waals surface area contributed by atoms with Crippen molar-refractivity contribution < 1.29 is 9.53 Å². The molecule has 0 aliphatic carbocycles. The summed E-state index contributed by atoms with van der Waals surface area (Å²) in [6, 6.07) is 23.9. The number of pyridine rings is 1. The minimum atomic E-state index is -0.168. The van der Waals surface area contributed by atoms with E-state index in [0.717, 1.165) is 34.0 Å². The van der Waals surface area contributed by atoms with Crippen LogP contribution in [0.1, 0.15) is 48.1 Å². The zero-order valence-electron chi connectivity index (χ0n) is 21.9. The van der Waals surface area contributed by atoms with E-state index in [9.17, 15) is 4.79 Å². The molecule has 1 fully saturated rings.